The van der Waals surface area contributed by atoms with Gasteiger partial charge in [0.15, 0.2) is 5.96 Å². The summed E-state index contributed by atoms with van der Waals surface area (Å²) in [5.41, 5.74) is 1.20. The molecule has 1 fully saturated rings. The largest absolute Gasteiger partial charge is 0.469 e. The fraction of sp³-hybridized carbons (Fsp3) is 0.429. The number of halogens is 1. The summed E-state index contributed by atoms with van der Waals surface area (Å²) < 4.78 is 4.87. The number of piperidine rings is 1. The van der Waals surface area contributed by atoms with E-state index in [9.17, 15) is 4.79 Å². The number of benzene rings is 2. The molecule has 146 valence electrons. The van der Waals surface area contributed by atoms with Crippen molar-refractivity contribution >= 4 is 46.7 Å². The van der Waals surface area contributed by atoms with E-state index in [1.54, 1.807) is 0 Å². The van der Waals surface area contributed by atoms with E-state index in [1.165, 1.54) is 23.4 Å². The molecule has 1 N–H and O–H groups in total. The number of aliphatic imine (C=N–C) groups is 1. The molecular formula is C21H28IN3O2. The number of fused-ring (bicyclic) bond motifs is 1. The van der Waals surface area contributed by atoms with Crippen LogP contribution in [0.3, 0.4) is 0 Å². The molecule has 0 aliphatic carbocycles. The zero-order valence-corrected chi connectivity index (χ0v) is 18.3. The van der Waals surface area contributed by atoms with Crippen molar-refractivity contribution in [3.05, 3.63) is 48.0 Å². The van der Waals surface area contributed by atoms with Gasteiger partial charge in [-0.1, -0.05) is 36.4 Å². The highest BCUT2D eigenvalue weighted by molar-refractivity contribution is 14.0. The predicted octanol–water partition coefficient (Wildman–Crippen LogP) is 3.81. The zero-order valence-electron chi connectivity index (χ0n) is 16.0. The summed E-state index contributed by atoms with van der Waals surface area (Å²) in [6.45, 7) is 5.19. The Balaban J connectivity index is 0.00000261. The summed E-state index contributed by atoms with van der Waals surface area (Å²) in [5.74, 6) is 0.839. The molecule has 0 aromatic heterocycles. The Morgan fingerprint density at radius 1 is 1.19 bits per heavy atom. The van der Waals surface area contributed by atoms with E-state index < -0.39 is 0 Å². The molecule has 0 bridgehead atoms. The average molecular weight is 481 g/mol. The standard InChI is InChI=1S/C21H27N3O2.HI/c1-3-22-21(24-12-10-18(11-13-24)20(25)26-2)23-15-16-8-9-17-6-4-5-7-19(17)14-16;/h4-9,14,18H,3,10-13,15H2,1-2H3,(H,22,23);1H. The summed E-state index contributed by atoms with van der Waals surface area (Å²) >= 11 is 0. The van der Waals surface area contributed by atoms with Crippen LogP contribution in [0.5, 0.6) is 0 Å². The fourth-order valence-electron chi connectivity index (χ4n) is 3.42. The second kappa shape index (κ2) is 10.5. The van der Waals surface area contributed by atoms with Crippen LogP contribution in [0, 0.1) is 5.92 Å². The zero-order chi connectivity index (χ0) is 18.4. The van der Waals surface area contributed by atoms with E-state index in [4.69, 9.17) is 9.73 Å². The number of nitrogens with one attached hydrogen (secondary N) is 1. The van der Waals surface area contributed by atoms with Crippen LogP contribution >= 0.6 is 24.0 Å². The SMILES string of the molecule is CCNC(=NCc1ccc2ccccc2c1)N1CCC(C(=O)OC)CC1.I. The van der Waals surface area contributed by atoms with Gasteiger partial charge in [-0.25, -0.2) is 4.99 Å². The maximum Gasteiger partial charge on any atom is 0.308 e. The van der Waals surface area contributed by atoms with Crippen molar-refractivity contribution in [2.45, 2.75) is 26.3 Å². The van der Waals surface area contributed by atoms with Gasteiger partial charge in [0.25, 0.3) is 0 Å². The lowest BCUT2D eigenvalue weighted by molar-refractivity contribution is -0.146. The lowest BCUT2D eigenvalue weighted by Crippen LogP contribution is -2.46. The van der Waals surface area contributed by atoms with Crippen molar-refractivity contribution in [3.63, 3.8) is 0 Å². The van der Waals surface area contributed by atoms with Crippen molar-refractivity contribution in [1.29, 1.82) is 0 Å². The number of carbonyl (C=O) groups excluding carboxylic acids is 1. The lowest BCUT2D eigenvalue weighted by Gasteiger charge is -2.33. The fourth-order valence-corrected chi connectivity index (χ4v) is 3.42. The van der Waals surface area contributed by atoms with Gasteiger partial charge in [-0.3, -0.25) is 4.79 Å². The third-order valence-electron chi connectivity index (χ3n) is 4.89. The molecule has 0 amide bonds. The van der Waals surface area contributed by atoms with E-state index >= 15 is 0 Å². The van der Waals surface area contributed by atoms with E-state index in [-0.39, 0.29) is 35.9 Å². The molecule has 5 nitrogen and oxygen atoms in total. The number of hydrogen-bond acceptors (Lipinski definition) is 3. The minimum absolute atomic E-state index is 0. The van der Waals surface area contributed by atoms with E-state index in [0.717, 1.165) is 38.4 Å². The van der Waals surface area contributed by atoms with Gasteiger partial charge >= 0.3 is 5.97 Å². The molecule has 2 aromatic carbocycles. The van der Waals surface area contributed by atoms with Crippen molar-refractivity contribution < 1.29 is 9.53 Å². The Kier molecular flexibility index (Phi) is 8.34. The average Bonchev–Trinajstić information content (AvgIpc) is 2.70. The second-order valence-electron chi connectivity index (χ2n) is 6.64. The highest BCUT2D eigenvalue weighted by Crippen LogP contribution is 2.19. The number of carbonyl (C=O) groups is 1. The molecule has 0 unspecified atom stereocenters. The van der Waals surface area contributed by atoms with Gasteiger partial charge in [-0.05, 0) is 42.2 Å². The highest BCUT2D eigenvalue weighted by Gasteiger charge is 2.26. The maximum absolute atomic E-state index is 11.7. The van der Waals surface area contributed by atoms with Crippen LogP contribution in [0.1, 0.15) is 25.3 Å². The first-order valence-electron chi connectivity index (χ1n) is 9.30. The van der Waals surface area contributed by atoms with E-state index in [0.29, 0.717) is 6.54 Å². The first-order valence-corrected chi connectivity index (χ1v) is 9.30. The topological polar surface area (TPSA) is 53.9 Å². The number of ether oxygens (including phenoxy) is 1. The quantitative estimate of drug-likeness (QED) is 0.313. The third-order valence-corrected chi connectivity index (χ3v) is 4.89. The summed E-state index contributed by atoms with van der Waals surface area (Å²) in [6, 6.07) is 14.9. The number of hydrogen-bond donors (Lipinski definition) is 1. The molecule has 0 atom stereocenters. The van der Waals surface area contributed by atoms with Crippen LogP contribution in [-0.2, 0) is 16.1 Å². The van der Waals surface area contributed by atoms with Crippen LogP contribution in [0.2, 0.25) is 0 Å². The van der Waals surface area contributed by atoms with Crippen molar-refractivity contribution in [3.8, 4) is 0 Å². The molecule has 2 aromatic rings. The lowest BCUT2D eigenvalue weighted by atomic mass is 9.97. The summed E-state index contributed by atoms with van der Waals surface area (Å²) in [7, 11) is 1.46. The van der Waals surface area contributed by atoms with Gasteiger partial charge in [-0.15, -0.1) is 24.0 Å². The van der Waals surface area contributed by atoms with Gasteiger partial charge in [0.2, 0.25) is 0 Å². The van der Waals surface area contributed by atoms with Gasteiger partial charge in [0, 0.05) is 19.6 Å². The molecule has 6 heteroatoms. The van der Waals surface area contributed by atoms with Crippen LogP contribution in [-0.4, -0.2) is 43.6 Å². The number of guanidine groups is 1. The van der Waals surface area contributed by atoms with Gasteiger partial charge in [0.05, 0.1) is 19.6 Å². The molecule has 3 rings (SSSR count). The van der Waals surface area contributed by atoms with Gasteiger partial charge < -0.3 is 15.0 Å². The molecule has 0 saturated carbocycles. The van der Waals surface area contributed by atoms with Crippen molar-refractivity contribution in [2.75, 3.05) is 26.7 Å². The Labute approximate surface area is 178 Å². The van der Waals surface area contributed by atoms with Gasteiger partial charge in [-0.2, -0.15) is 0 Å². The minimum Gasteiger partial charge on any atom is -0.469 e. The smallest absolute Gasteiger partial charge is 0.308 e. The maximum atomic E-state index is 11.7. The van der Waals surface area contributed by atoms with Crippen LogP contribution in [0.4, 0.5) is 0 Å². The molecular weight excluding hydrogens is 453 g/mol. The highest BCUT2D eigenvalue weighted by atomic mass is 127. The normalized spacial score (nSPS) is 15.3. The molecule has 1 saturated heterocycles. The third kappa shape index (κ3) is 5.57. The Morgan fingerprint density at radius 3 is 2.56 bits per heavy atom. The Bertz CT molecular complexity index is 786. The Hall–Kier alpha value is -1.83. The number of nitrogens with zero attached hydrogens (tertiary/aromatic N) is 2. The molecule has 1 aliphatic heterocycles. The summed E-state index contributed by atoms with van der Waals surface area (Å²) in [4.78, 5) is 18.8. The van der Waals surface area contributed by atoms with Crippen LogP contribution < -0.4 is 5.32 Å². The summed E-state index contributed by atoms with van der Waals surface area (Å²) in [5, 5.41) is 5.86. The second-order valence-corrected chi connectivity index (χ2v) is 6.64. The minimum atomic E-state index is -0.0947. The summed E-state index contributed by atoms with van der Waals surface area (Å²) in [6.07, 6.45) is 1.63. The predicted molar refractivity (Wildman–Crippen MR) is 120 cm³/mol. The van der Waals surface area contributed by atoms with Gasteiger partial charge in [0.1, 0.15) is 0 Å². The van der Waals surface area contributed by atoms with Crippen molar-refractivity contribution in [1.82, 2.24) is 10.2 Å². The van der Waals surface area contributed by atoms with E-state index in [2.05, 4.69) is 59.6 Å². The number of esters is 1. The molecule has 1 heterocycles. The molecule has 0 spiro atoms. The molecule has 27 heavy (non-hydrogen) atoms. The molecule has 1 aliphatic rings. The van der Waals surface area contributed by atoms with E-state index in [1.807, 2.05) is 0 Å². The monoisotopic (exact) mass is 481 g/mol. The molecule has 0 radical (unpaired) electrons. The van der Waals surface area contributed by atoms with Crippen LogP contribution in [0.15, 0.2) is 47.5 Å². The number of rotatable bonds is 4. The number of methoxy groups -OCH3 is 1. The first-order chi connectivity index (χ1) is 12.7. The Morgan fingerprint density at radius 2 is 1.89 bits per heavy atom. The number of likely N-dealkylation sites (tertiary alicyclic amines) is 1. The van der Waals surface area contributed by atoms with Crippen molar-refractivity contribution in [2.24, 2.45) is 10.9 Å². The first kappa shape index (κ1) is 21.5. The van der Waals surface area contributed by atoms with Crippen LogP contribution in [0.25, 0.3) is 10.8 Å².